The van der Waals surface area contributed by atoms with Crippen LogP contribution in [0.15, 0.2) is 36.9 Å². The third-order valence-corrected chi connectivity index (χ3v) is 3.49. The predicted molar refractivity (Wildman–Crippen MR) is 75.8 cm³/mol. The van der Waals surface area contributed by atoms with E-state index in [1.807, 2.05) is 36.1 Å². The lowest BCUT2D eigenvalue weighted by atomic mass is 10.1. The number of fused-ring (bicyclic) bond motifs is 1. The molecule has 0 unspecified atom stereocenters. The van der Waals surface area contributed by atoms with Crippen LogP contribution in [0.1, 0.15) is 13.0 Å². The molecule has 0 spiro atoms. The summed E-state index contributed by atoms with van der Waals surface area (Å²) in [6.07, 6.45) is 7.31. The summed E-state index contributed by atoms with van der Waals surface area (Å²) in [6, 6.07) is 3.50. The van der Waals surface area contributed by atoms with Gasteiger partial charge in [-0.25, -0.2) is 4.98 Å². The summed E-state index contributed by atoms with van der Waals surface area (Å²) in [5.74, 6) is -0.403. The molecule has 3 aromatic rings. The van der Waals surface area contributed by atoms with Gasteiger partial charge in [-0.05, 0) is 24.6 Å². The summed E-state index contributed by atoms with van der Waals surface area (Å²) >= 11 is 0. The van der Waals surface area contributed by atoms with Crippen LogP contribution >= 0.6 is 0 Å². The van der Waals surface area contributed by atoms with Crippen LogP contribution in [0.3, 0.4) is 0 Å². The molecule has 102 valence electrons. The van der Waals surface area contributed by atoms with E-state index in [0.717, 1.165) is 22.2 Å². The first kappa shape index (κ1) is 12.4. The van der Waals surface area contributed by atoms with E-state index in [2.05, 4.69) is 10.1 Å². The summed E-state index contributed by atoms with van der Waals surface area (Å²) in [7, 11) is 1.96. The molecule has 3 aromatic heterocycles. The summed E-state index contributed by atoms with van der Waals surface area (Å²) in [4.78, 5) is 15.6. The zero-order valence-electron chi connectivity index (χ0n) is 11.3. The molecule has 0 bridgehead atoms. The molecule has 6 heteroatoms. The number of primary amides is 1. The van der Waals surface area contributed by atoms with E-state index in [-0.39, 0.29) is 0 Å². The SMILES string of the molecule is C[C@H](C(N)=O)n1cc(-c2ccnc3c2ccn3C)cn1. The summed E-state index contributed by atoms with van der Waals surface area (Å²) < 4.78 is 3.54. The second-order valence-corrected chi connectivity index (χ2v) is 4.81. The number of pyridine rings is 1. The Morgan fingerprint density at radius 3 is 2.95 bits per heavy atom. The number of carbonyl (C=O) groups excluding carboxylic acids is 1. The van der Waals surface area contributed by atoms with Crippen molar-refractivity contribution in [2.45, 2.75) is 13.0 Å². The fourth-order valence-electron chi connectivity index (χ4n) is 2.24. The van der Waals surface area contributed by atoms with Gasteiger partial charge in [0.15, 0.2) is 0 Å². The van der Waals surface area contributed by atoms with Gasteiger partial charge >= 0.3 is 0 Å². The number of hydrogen-bond acceptors (Lipinski definition) is 3. The van der Waals surface area contributed by atoms with Gasteiger partial charge in [0.1, 0.15) is 11.7 Å². The first-order chi connectivity index (χ1) is 9.58. The molecule has 6 nitrogen and oxygen atoms in total. The highest BCUT2D eigenvalue weighted by Crippen LogP contribution is 2.27. The van der Waals surface area contributed by atoms with Gasteiger partial charge in [0, 0.05) is 36.6 Å². The van der Waals surface area contributed by atoms with E-state index >= 15 is 0 Å². The largest absolute Gasteiger partial charge is 0.368 e. The highest BCUT2D eigenvalue weighted by atomic mass is 16.1. The van der Waals surface area contributed by atoms with Crippen molar-refractivity contribution < 1.29 is 4.79 Å². The van der Waals surface area contributed by atoms with Crippen LogP contribution in [-0.2, 0) is 11.8 Å². The van der Waals surface area contributed by atoms with Gasteiger partial charge in [0.2, 0.25) is 5.91 Å². The molecule has 3 rings (SSSR count). The molecular formula is C14H15N5O. The minimum absolute atomic E-state index is 0.403. The van der Waals surface area contributed by atoms with Crippen LogP contribution in [0.25, 0.3) is 22.2 Å². The van der Waals surface area contributed by atoms with Crippen LogP contribution in [0.5, 0.6) is 0 Å². The monoisotopic (exact) mass is 269 g/mol. The number of hydrogen-bond donors (Lipinski definition) is 1. The first-order valence-corrected chi connectivity index (χ1v) is 6.32. The van der Waals surface area contributed by atoms with E-state index in [1.165, 1.54) is 0 Å². The molecule has 20 heavy (non-hydrogen) atoms. The maximum absolute atomic E-state index is 11.2. The number of aryl methyl sites for hydroxylation is 1. The molecule has 0 fully saturated rings. The minimum atomic E-state index is -0.461. The number of carbonyl (C=O) groups is 1. The molecule has 0 aliphatic carbocycles. The Bertz CT molecular complexity index is 786. The normalized spacial score (nSPS) is 12.7. The quantitative estimate of drug-likeness (QED) is 0.782. The Morgan fingerprint density at radius 2 is 2.20 bits per heavy atom. The molecule has 0 saturated carbocycles. The Kier molecular flexibility index (Phi) is 2.78. The minimum Gasteiger partial charge on any atom is -0.368 e. The summed E-state index contributed by atoms with van der Waals surface area (Å²) in [5, 5.41) is 5.27. The van der Waals surface area contributed by atoms with Crippen molar-refractivity contribution in [1.29, 1.82) is 0 Å². The van der Waals surface area contributed by atoms with Gasteiger partial charge in [-0.3, -0.25) is 9.48 Å². The van der Waals surface area contributed by atoms with Crippen LogP contribution < -0.4 is 5.73 Å². The highest BCUT2D eigenvalue weighted by molar-refractivity contribution is 5.93. The molecular weight excluding hydrogens is 254 g/mol. The predicted octanol–water partition coefficient (Wildman–Crippen LogP) is 1.48. The Hall–Kier alpha value is -2.63. The zero-order chi connectivity index (χ0) is 14.3. The van der Waals surface area contributed by atoms with E-state index in [1.54, 1.807) is 24.0 Å². The fraction of sp³-hybridized carbons (Fsp3) is 0.214. The van der Waals surface area contributed by atoms with Crippen molar-refractivity contribution in [3.63, 3.8) is 0 Å². The second kappa shape index (κ2) is 4.48. The zero-order valence-corrected chi connectivity index (χ0v) is 11.3. The molecule has 0 radical (unpaired) electrons. The van der Waals surface area contributed by atoms with Crippen molar-refractivity contribution in [3.8, 4) is 11.1 Å². The lowest BCUT2D eigenvalue weighted by Gasteiger charge is -2.06. The van der Waals surface area contributed by atoms with E-state index in [4.69, 9.17) is 5.73 Å². The summed E-state index contributed by atoms with van der Waals surface area (Å²) in [6.45, 7) is 1.73. The van der Waals surface area contributed by atoms with Crippen molar-refractivity contribution >= 4 is 16.9 Å². The molecule has 3 heterocycles. The third kappa shape index (κ3) is 1.85. The third-order valence-electron chi connectivity index (χ3n) is 3.49. The van der Waals surface area contributed by atoms with Crippen molar-refractivity contribution in [2.75, 3.05) is 0 Å². The molecule has 0 aromatic carbocycles. The van der Waals surface area contributed by atoms with Crippen LogP contribution in [0.4, 0.5) is 0 Å². The van der Waals surface area contributed by atoms with Crippen molar-refractivity contribution in [3.05, 3.63) is 36.9 Å². The van der Waals surface area contributed by atoms with Gasteiger partial charge in [0.25, 0.3) is 0 Å². The number of aromatic nitrogens is 4. The molecule has 1 amide bonds. The number of rotatable bonds is 3. The number of amides is 1. The Balaban J connectivity index is 2.10. The van der Waals surface area contributed by atoms with E-state index in [0.29, 0.717) is 0 Å². The van der Waals surface area contributed by atoms with Crippen LogP contribution in [0, 0.1) is 0 Å². The van der Waals surface area contributed by atoms with Gasteiger partial charge in [0.05, 0.1) is 6.20 Å². The standard InChI is InChI=1S/C14H15N5O/c1-9(13(15)20)19-8-10(7-17-19)11-3-5-16-14-12(11)4-6-18(14)2/h3-9H,1-2H3,(H2,15,20)/t9-/m1/s1. The van der Waals surface area contributed by atoms with Gasteiger partial charge in [-0.15, -0.1) is 0 Å². The Morgan fingerprint density at radius 1 is 1.40 bits per heavy atom. The highest BCUT2D eigenvalue weighted by Gasteiger charge is 2.14. The molecule has 0 aliphatic rings. The molecule has 0 saturated heterocycles. The molecule has 1 atom stereocenters. The average Bonchev–Trinajstić information content (AvgIpc) is 3.05. The van der Waals surface area contributed by atoms with Gasteiger partial charge in [-0.1, -0.05) is 0 Å². The summed E-state index contributed by atoms with van der Waals surface area (Å²) in [5.41, 5.74) is 8.19. The number of nitrogens with zero attached hydrogens (tertiary/aromatic N) is 4. The van der Waals surface area contributed by atoms with Crippen molar-refractivity contribution in [1.82, 2.24) is 19.3 Å². The smallest absolute Gasteiger partial charge is 0.241 e. The topological polar surface area (TPSA) is 78.7 Å². The molecule has 2 N–H and O–H groups in total. The fourth-order valence-corrected chi connectivity index (χ4v) is 2.24. The van der Waals surface area contributed by atoms with E-state index < -0.39 is 11.9 Å². The van der Waals surface area contributed by atoms with Crippen LogP contribution in [-0.4, -0.2) is 25.2 Å². The maximum Gasteiger partial charge on any atom is 0.241 e. The molecule has 0 aliphatic heterocycles. The lowest BCUT2D eigenvalue weighted by molar-refractivity contribution is -0.120. The maximum atomic E-state index is 11.2. The van der Waals surface area contributed by atoms with E-state index in [9.17, 15) is 4.79 Å². The van der Waals surface area contributed by atoms with Gasteiger partial charge < -0.3 is 10.3 Å². The lowest BCUT2D eigenvalue weighted by Crippen LogP contribution is -2.24. The average molecular weight is 269 g/mol. The Labute approximate surface area is 115 Å². The van der Waals surface area contributed by atoms with Crippen molar-refractivity contribution in [2.24, 2.45) is 12.8 Å². The number of nitrogens with two attached hydrogens (primary N) is 1. The second-order valence-electron chi connectivity index (χ2n) is 4.81. The first-order valence-electron chi connectivity index (χ1n) is 6.32. The van der Waals surface area contributed by atoms with Gasteiger partial charge in [-0.2, -0.15) is 5.10 Å². The van der Waals surface area contributed by atoms with Crippen LogP contribution in [0.2, 0.25) is 0 Å².